The molecule has 1 aromatic heterocycles. The van der Waals surface area contributed by atoms with Crippen LogP contribution in [0.4, 0.5) is 10.1 Å². The summed E-state index contributed by atoms with van der Waals surface area (Å²) >= 11 is 0. The van der Waals surface area contributed by atoms with Crippen LogP contribution in [0.25, 0.3) is 22.2 Å². The lowest BCUT2D eigenvalue weighted by atomic mass is 10.0. The van der Waals surface area contributed by atoms with Crippen molar-refractivity contribution in [1.82, 2.24) is 4.57 Å². The van der Waals surface area contributed by atoms with E-state index in [1.54, 1.807) is 34.9 Å². The molecule has 3 rings (SSSR count). The molecule has 3 aromatic rings. The Morgan fingerprint density at radius 3 is 2.53 bits per heavy atom. The highest BCUT2D eigenvalue weighted by atomic mass is 19.1. The van der Waals surface area contributed by atoms with E-state index in [2.05, 4.69) is 5.32 Å². The third kappa shape index (κ3) is 4.11. The van der Waals surface area contributed by atoms with Gasteiger partial charge in [0.05, 0.1) is 16.9 Å². The van der Waals surface area contributed by atoms with Gasteiger partial charge < -0.3 is 20.7 Å². The van der Waals surface area contributed by atoms with Crippen LogP contribution in [-0.2, 0) is 6.54 Å². The molecule has 0 radical (unpaired) electrons. The number of allylic oxidation sites excluding steroid dienone is 2. The van der Waals surface area contributed by atoms with Gasteiger partial charge >= 0.3 is 5.97 Å². The molecule has 0 spiro atoms. The van der Waals surface area contributed by atoms with Crippen molar-refractivity contribution < 1.29 is 14.3 Å². The molecule has 0 aliphatic carbocycles. The van der Waals surface area contributed by atoms with Crippen molar-refractivity contribution in [2.45, 2.75) is 20.4 Å². The summed E-state index contributed by atoms with van der Waals surface area (Å²) in [5.41, 5.74) is 6.99. The van der Waals surface area contributed by atoms with Gasteiger partial charge in [0.1, 0.15) is 11.4 Å². The van der Waals surface area contributed by atoms with E-state index in [1.807, 2.05) is 26.0 Å². The van der Waals surface area contributed by atoms with E-state index in [0.717, 1.165) is 11.6 Å². The van der Waals surface area contributed by atoms with Gasteiger partial charge in [0.25, 0.3) is 0 Å². The number of pyridine rings is 1. The van der Waals surface area contributed by atoms with Gasteiger partial charge in [0.15, 0.2) is 0 Å². The van der Waals surface area contributed by atoms with Crippen molar-refractivity contribution in [2.24, 2.45) is 5.73 Å². The predicted molar refractivity (Wildman–Crippen MR) is 118 cm³/mol. The fraction of sp³-hybridized carbons (Fsp3) is 0.217. The number of carbonyl (C=O) groups is 1. The van der Waals surface area contributed by atoms with Crippen LogP contribution in [0.1, 0.15) is 24.2 Å². The number of hydrogen-bond acceptors (Lipinski definition) is 4. The molecule has 2 aromatic carbocycles. The Kier molecular flexibility index (Phi) is 6.32. The minimum atomic E-state index is -1.35. The SMILES string of the molecule is CC(C)=CCn1c(-c2ccccc2)c(C(=O)O)c(=O)c2cc(F)c(NCCN)cc21. The number of rotatable bonds is 7. The number of halogens is 1. The second-order valence-corrected chi connectivity index (χ2v) is 7.18. The molecule has 30 heavy (non-hydrogen) atoms. The first-order valence-electron chi connectivity index (χ1n) is 9.61. The zero-order valence-corrected chi connectivity index (χ0v) is 16.9. The Labute approximate surface area is 173 Å². The molecule has 0 fully saturated rings. The van der Waals surface area contributed by atoms with Crippen molar-refractivity contribution in [2.75, 3.05) is 18.4 Å². The number of nitrogens with zero attached hydrogens (tertiary/aromatic N) is 1. The number of fused-ring (bicyclic) bond motifs is 1. The fourth-order valence-electron chi connectivity index (χ4n) is 3.37. The van der Waals surface area contributed by atoms with Crippen molar-refractivity contribution in [3.05, 3.63) is 75.7 Å². The van der Waals surface area contributed by atoms with E-state index >= 15 is 0 Å². The molecule has 0 unspecified atom stereocenters. The number of aromatic nitrogens is 1. The third-order valence-electron chi connectivity index (χ3n) is 4.76. The number of nitrogens with two attached hydrogens (primary N) is 1. The lowest BCUT2D eigenvalue weighted by Gasteiger charge is -2.20. The Morgan fingerprint density at radius 2 is 1.93 bits per heavy atom. The summed E-state index contributed by atoms with van der Waals surface area (Å²) in [4.78, 5) is 25.2. The number of hydrogen-bond donors (Lipinski definition) is 3. The first-order chi connectivity index (χ1) is 14.3. The van der Waals surface area contributed by atoms with Gasteiger partial charge in [-0.05, 0) is 31.5 Å². The number of nitrogens with one attached hydrogen (secondary N) is 1. The molecule has 0 aliphatic rings. The van der Waals surface area contributed by atoms with E-state index in [0.29, 0.717) is 30.7 Å². The summed E-state index contributed by atoms with van der Waals surface area (Å²) in [5, 5.41) is 12.8. The molecule has 6 nitrogen and oxygen atoms in total. The van der Waals surface area contributed by atoms with E-state index < -0.39 is 17.2 Å². The van der Waals surface area contributed by atoms with Crippen LogP contribution in [-0.4, -0.2) is 28.7 Å². The van der Waals surface area contributed by atoms with Crippen LogP contribution in [0.5, 0.6) is 0 Å². The molecule has 0 amide bonds. The molecule has 4 N–H and O–H groups in total. The predicted octanol–water partition coefficient (Wildman–Crippen LogP) is 3.84. The summed E-state index contributed by atoms with van der Waals surface area (Å²) in [6.07, 6.45) is 1.93. The summed E-state index contributed by atoms with van der Waals surface area (Å²) in [6, 6.07) is 11.5. The average molecular weight is 409 g/mol. The number of carboxylic acids is 1. The Hall–Kier alpha value is -3.45. The zero-order valence-electron chi connectivity index (χ0n) is 16.9. The summed E-state index contributed by atoms with van der Waals surface area (Å²) < 4.78 is 16.4. The van der Waals surface area contributed by atoms with Crippen molar-refractivity contribution in [1.29, 1.82) is 0 Å². The molecule has 0 aliphatic heterocycles. The third-order valence-corrected chi connectivity index (χ3v) is 4.76. The molecule has 1 heterocycles. The van der Waals surface area contributed by atoms with Gasteiger partial charge in [-0.2, -0.15) is 0 Å². The van der Waals surface area contributed by atoms with Crippen molar-refractivity contribution in [3.63, 3.8) is 0 Å². The quantitative estimate of drug-likeness (QED) is 0.515. The average Bonchev–Trinajstić information content (AvgIpc) is 2.72. The topological polar surface area (TPSA) is 97.3 Å². The summed E-state index contributed by atoms with van der Waals surface area (Å²) in [5.74, 6) is -1.98. The first kappa shape index (κ1) is 21.3. The molecule has 0 bridgehead atoms. The van der Waals surface area contributed by atoms with Gasteiger partial charge in [-0.25, -0.2) is 9.18 Å². The number of carboxylic acid groups (broad SMARTS) is 1. The molecule has 7 heteroatoms. The lowest BCUT2D eigenvalue weighted by Crippen LogP contribution is -2.23. The van der Waals surface area contributed by atoms with Gasteiger partial charge in [-0.15, -0.1) is 0 Å². The lowest BCUT2D eigenvalue weighted by molar-refractivity contribution is 0.0696. The van der Waals surface area contributed by atoms with Gasteiger partial charge in [-0.3, -0.25) is 4.79 Å². The van der Waals surface area contributed by atoms with Crippen LogP contribution in [0.2, 0.25) is 0 Å². The standard InChI is InChI=1S/C23H24FN3O3/c1-14(2)8-11-27-19-13-18(26-10-9-25)17(24)12-16(19)22(28)20(23(29)30)21(27)15-6-4-3-5-7-15/h3-8,12-13,26H,9-11,25H2,1-2H3,(H,29,30). The molecule has 156 valence electrons. The molecular weight excluding hydrogens is 385 g/mol. The molecular formula is C23H24FN3O3. The maximum atomic E-state index is 14.6. The van der Waals surface area contributed by atoms with Crippen LogP contribution in [0.15, 0.2) is 58.9 Å². The van der Waals surface area contributed by atoms with Gasteiger partial charge in [-0.1, -0.05) is 42.0 Å². The van der Waals surface area contributed by atoms with Crippen LogP contribution in [0.3, 0.4) is 0 Å². The van der Waals surface area contributed by atoms with Crippen molar-refractivity contribution in [3.8, 4) is 11.3 Å². The minimum Gasteiger partial charge on any atom is -0.477 e. The highest BCUT2D eigenvalue weighted by molar-refractivity contribution is 6.00. The fourth-order valence-corrected chi connectivity index (χ4v) is 3.37. The Bertz CT molecular complexity index is 1180. The van der Waals surface area contributed by atoms with Gasteiger partial charge in [0, 0.05) is 25.0 Å². The minimum absolute atomic E-state index is 0.0186. The zero-order chi connectivity index (χ0) is 21.8. The largest absolute Gasteiger partial charge is 0.477 e. The highest BCUT2D eigenvalue weighted by Crippen LogP contribution is 2.29. The second kappa shape index (κ2) is 8.92. The first-order valence-corrected chi connectivity index (χ1v) is 9.61. The molecule has 0 saturated heterocycles. The molecule has 0 saturated carbocycles. The Balaban J connectivity index is 2.48. The summed E-state index contributed by atoms with van der Waals surface area (Å²) in [7, 11) is 0. The van der Waals surface area contributed by atoms with E-state index in [4.69, 9.17) is 5.73 Å². The number of aromatic carboxylic acids is 1. The maximum Gasteiger partial charge on any atom is 0.341 e. The van der Waals surface area contributed by atoms with Gasteiger partial charge in [0.2, 0.25) is 5.43 Å². The second-order valence-electron chi connectivity index (χ2n) is 7.18. The van der Waals surface area contributed by atoms with Crippen molar-refractivity contribution >= 4 is 22.6 Å². The number of anilines is 1. The molecule has 0 atom stereocenters. The monoisotopic (exact) mass is 409 g/mol. The normalized spacial score (nSPS) is 10.8. The van der Waals surface area contributed by atoms with E-state index in [-0.39, 0.29) is 22.3 Å². The van der Waals surface area contributed by atoms with Crippen LogP contribution < -0.4 is 16.5 Å². The smallest absolute Gasteiger partial charge is 0.341 e. The van der Waals surface area contributed by atoms with Crippen LogP contribution >= 0.6 is 0 Å². The maximum absolute atomic E-state index is 14.6. The Morgan fingerprint density at radius 1 is 1.23 bits per heavy atom. The van der Waals surface area contributed by atoms with E-state index in [1.165, 1.54) is 0 Å². The van der Waals surface area contributed by atoms with Crippen LogP contribution in [0, 0.1) is 5.82 Å². The highest BCUT2D eigenvalue weighted by Gasteiger charge is 2.24. The summed E-state index contributed by atoms with van der Waals surface area (Å²) in [6.45, 7) is 4.86. The number of benzene rings is 2. The van der Waals surface area contributed by atoms with E-state index in [9.17, 15) is 19.1 Å².